The van der Waals surface area contributed by atoms with E-state index in [0.717, 1.165) is 22.3 Å². The number of nitrogens with one attached hydrogen (secondary N) is 26. The van der Waals surface area contributed by atoms with Gasteiger partial charge in [-0.1, -0.05) is 60.3 Å². The minimum atomic E-state index is -1.84. The number of carboxylic acid groups (broad SMARTS) is 1. The van der Waals surface area contributed by atoms with Crippen LogP contribution in [-0.4, -0.2) is 291 Å². The number of hydrogen-bond acceptors (Lipinski definition) is 27. The van der Waals surface area contributed by atoms with Crippen LogP contribution in [0.4, 0.5) is 14.4 Å². The molecule has 55 heteroatoms. The van der Waals surface area contributed by atoms with E-state index in [2.05, 4.69) is 106 Å². The molecule has 0 saturated heterocycles. The van der Waals surface area contributed by atoms with E-state index in [-0.39, 0.29) is 199 Å². The molecule has 10 atom stereocenters. The van der Waals surface area contributed by atoms with Gasteiger partial charge in [0.25, 0.3) is 0 Å². The van der Waals surface area contributed by atoms with Crippen LogP contribution in [0.2, 0.25) is 0 Å². The van der Waals surface area contributed by atoms with Crippen molar-refractivity contribution in [2.75, 3.05) is 77.8 Å². The molecule has 3 rings (SSSR count). The Morgan fingerprint density at radius 2 is 0.622 bits per heavy atom. The number of rotatable bonds is 66. The molecule has 0 bridgehead atoms. The zero-order chi connectivity index (χ0) is 107. The average molecular weight is 2040 g/mol. The number of carbonyl (C=O) groups excluding carboxylic acids is 16. The first-order valence-corrected chi connectivity index (χ1v) is 47.9. The van der Waals surface area contributed by atoms with E-state index in [1.165, 1.54) is 6.92 Å². The number of hydrogen-bond donors (Lipinski definition) is 34. The first kappa shape index (κ1) is 122. The number of amides is 15. The molecule has 1 aliphatic carbocycles. The van der Waals surface area contributed by atoms with Crippen molar-refractivity contribution < 1.29 is 101 Å². The van der Waals surface area contributed by atoms with E-state index >= 15 is 24.0 Å². The number of nitrogens with two attached hydrogens (primary N) is 7. The van der Waals surface area contributed by atoms with Crippen molar-refractivity contribution in [3.63, 3.8) is 0 Å². The summed E-state index contributed by atoms with van der Waals surface area (Å²) in [5.41, 5.74) is 41.1. The van der Waals surface area contributed by atoms with Gasteiger partial charge in [-0.15, -0.1) is 0 Å². The first-order valence-electron chi connectivity index (χ1n) is 46.9. The summed E-state index contributed by atoms with van der Waals surface area (Å²) in [6, 6.07) is -0.712. The van der Waals surface area contributed by atoms with Crippen molar-refractivity contribution in [2.24, 2.45) is 40.1 Å². The van der Waals surface area contributed by atoms with Gasteiger partial charge < -0.3 is 166 Å². The van der Waals surface area contributed by atoms with Gasteiger partial charge in [-0.05, 0) is 193 Å². The minimum Gasteiger partial charge on any atom is -0.480 e. The van der Waals surface area contributed by atoms with Crippen LogP contribution in [-0.2, 0) is 81.3 Å². The fourth-order valence-electron chi connectivity index (χ4n) is 14.0. The van der Waals surface area contributed by atoms with Gasteiger partial charge in [0.15, 0.2) is 35.8 Å². The lowest BCUT2D eigenvalue weighted by Gasteiger charge is -2.28. The van der Waals surface area contributed by atoms with E-state index in [1.54, 1.807) is 41.5 Å². The van der Waals surface area contributed by atoms with E-state index < -0.39 is 228 Å². The number of guanidine groups is 6. The van der Waals surface area contributed by atoms with Crippen molar-refractivity contribution >= 4 is 148 Å². The van der Waals surface area contributed by atoms with Crippen LogP contribution in [0.5, 0.6) is 0 Å². The van der Waals surface area contributed by atoms with Crippen molar-refractivity contribution in [3.05, 3.63) is 59.7 Å². The Morgan fingerprint density at radius 1 is 0.336 bits per heavy atom. The molecule has 796 valence electrons. The molecule has 0 saturated carbocycles. The van der Waals surface area contributed by atoms with E-state index in [4.69, 9.17) is 91.9 Å². The largest absolute Gasteiger partial charge is 0.480 e. The quantitative estimate of drug-likeness (QED) is 0.0128. The number of alkyl carbamates (subject to hydrolysis) is 3. The number of thioether (sulfide) groups is 1. The molecular weight excluding hydrogens is 1890 g/mol. The summed E-state index contributed by atoms with van der Waals surface area (Å²) in [4.78, 5) is 236. The summed E-state index contributed by atoms with van der Waals surface area (Å²) in [6.07, 6.45) is -5.67. The zero-order valence-corrected chi connectivity index (χ0v) is 82.7. The number of carbonyl (C=O) groups is 17. The Hall–Kier alpha value is -15.0. The first-order chi connectivity index (χ1) is 67.4. The Bertz CT molecular complexity index is 4630. The smallest absolute Gasteiger partial charge is 0.407 e. The third kappa shape index (κ3) is 53.3. The lowest BCUT2D eigenvalue weighted by molar-refractivity contribution is -0.141. The monoisotopic (exact) mass is 2030 g/mol. The number of aliphatic carboxylic acids is 1. The molecular formula is C88H147N33O21S. The molecule has 15 amide bonds. The highest BCUT2D eigenvalue weighted by Gasteiger charge is 2.38. The molecule has 0 unspecified atom stereocenters. The van der Waals surface area contributed by atoms with Crippen molar-refractivity contribution in [1.82, 2.24) is 106 Å². The normalized spacial score (nSPS) is 13.4. The fraction of sp³-hybridized carbons (Fsp3) is 0.602. The van der Waals surface area contributed by atoms with Crippen LogP contribution in [0.3, 0.4) is 0 Å². The predicted octanol–water partition coefficient (Wildman–Crippen LogP) is -4.52. The molecule has 0 radical (unpaired) electrons. The molecule has 2 aromatic rings. The van der Waals surface area contributed by atoms with Crippen LogP contribution in [0.15, 0.2) is 48.5 Å². The Balaban J connectivity index is 2.17. The lowest BCUT2D eigenvalue weighted by atomic mass is 9.98. The number of carboxylic acids is 1. The Kier molecular flexibility index (Phi) is 55.6. The summed E-state index contributed by atoms with van der Waals surface area (Å²) in [7, 11) is 0. The summed E-state index contributed by atoms with van der Waals surface area (Å²) in [5.74, 6) is -16.5. The van der Waals surface area contributed by atoms with E-state index in [9.17, 15) is 57.5 Å². The van der Waals surface area contributed by atoms with Crippen LogP contribution < -0.4 is 146 Å². The highest BCUT2D eigenvalue weighted by atomic mass is 32.2. The molecule has 1 aliphatic rings. The van der Waals surface area contributed by atoms with Crippen LogP contribution in [0, 0.1) is 32.5 Å². The molecule has 0 spiro atoms. The molecule has 0 fully saturated rings. The van der Waals surface area contributed by atoms with Crippen LogP contribution in [0.1, 0.15) is 200 Å². The third-order valence-corrected chi connectivity index (χ3v) is 21.8. The van der Waals surface area contributed by atoms with Crippen molar-refractivity contribution in [2.45, 2.75) is 261 Å². The highest BCUT2D eigenvalue weighted by molar-refractivity contribution is 8.13. The Labute approximate surface area is 833 Å². The summed E-state index contributed by atoms with van der Waals surface area (Å²) in [5, 5.41) is 106. The van der Waals surface area contributed by atoms with Gasteiger partial charge in [0.2, 0.25) is 76.0 Å². The van der Waals surface area contributed by atoms with Gasteiger partial charge in [0.05, 0.1) is 13.1 Å². The number of benzene rings is 2. The molecule has 0 aliphatic heterocycles. The summed E-state index contributed by atoms with van der Waals surface area (Å²) >= 11 is 0.665. The lowest BCUT2D eigenvalue weighted by Crippen LogP contribution is -2.60. The fourth-order valence-corrected chi connectivity index (χ4v) is 14.7. The van der Waals surface area contributed by atoms with Gasteiger partial charge in [-0.3, -0.25) is 99.6 Å². The molecule has 0 aromatic heterocycles. The standard InChI is InChI=1S/C88H147N33O21S/c1-49(77(135)136)112-65(123)36-45-143-67(125)47-110-66(124)46-111-68(126)55(28-16-39-102-78(90)91)113-71(129)58(29-17-40-103-79(92)93)117-73(131)60(31-19-42-105-81(96)97)119-76(134)63(34-35-64(89)122)120-74(132)61(32-20-43-106-82(98)99)118-72(130)59(30-18-41-104-80(94)95)116-70(128)56(26-12-14-37-108-84(137)141-87(2,3)4)114-69(127)57(27-13-15-38-109-85(138)142-88(5,6)7)115-75(133)62(33-21-44-107-83(100)101)121-86(139)140-48-54-52-24-10-8-22-50(52)51-23-9-11-25-53(51)54/h8-11,22-25,49,54-63H,12-21,26-48H2,1-7H3,(H2,89,122)(H,108,137)(H,109,138)(H,110,124)(H,111,126)(H,112,123)(H,113,129)(H,114,127)(H,115,133)(H,116,128)(H,117,131)(H,118,130)(H,119,134)(H,120,132)(H,121,139)(H,135,136)(H4,90,91,102)(H4,92,93,103)(H4,94,95,104)(H4,96,97,105)(H4,98,99,106)(H4,100,101,107)/t49-,55-,56-,57-,58-,59-,60-,61-,62-,63-/m0/s1. The van der Waals surface area contributed by atoms with Gasteiger partial charge >= 0.3 is 24.2 Å². The summed E-state index contributed by atoms with van der Waals surface area (Å²) in [6.45, 7) is 9.38. The molecule has 143 heavy (non-hydrogen) atoms. The van der Waals surface area contributed by atoms with Crippen molar-refractivity contribution in [3.8, 4) is 11.1 Å². The van der Waals surface area contributed by atoms with Crippen molar-refractivity contribution in [1.29, 1.82) is 32.5 Å². The molecule has 54 nitrogen and oxygen atoms in total. The number of primary amides is 1. The average Bonchev–Trinajstić information content (AvgIpc) is 1.61. The third-order valence-electron chi connectivity index (χ3n) is 21.0. The SMILES string of the molecule is C[C@H](NC(=O)CCSC(=O)CNC(=O)CNC(=O)[C@H](CCCNC(=N)N)NC(=O)[C@H](CCCNC(=N)N)NC(=O)[C@H](CCCNC(=N)N)NC(=O)[C@H](CCC(N)=O)NC(=O)[C@H](CCCNC(=N)N)NC(=O)[C@H](CCCNC(=N)N)NC(=O)[C@H](CCCCNC(=O)OC(C)(C)C)NC(=O)[C@H](CCCCNC(=O)OC(C)(C)C)NC(=O)[C@H](CCCNC(=N)N)NC(=O)OCC1c2ccccc2-c2ccccc21)C(=O)O. The second kappa shape index (κ2) is 65.1. The van der Waals surface area contributed by atoms with E-state index in [1.807, 2.05) is 48.5 Å². The zero-order valence-electron chi connectivity index (χ0n) is 81.9. The predicted molar refractivity (Wildman–Crippen MR) is 530 cm³/mol. The van der Waals surface area contributed by atoms with E-state index in [0.29, 0.717) is 11.8 Å². The van der Waals surface area contributed by atoms with Gasteiger partial charge in [-0.25, -0.2) is 14.4 Å². The number of ether oxygens (including phenoxy) is 3. The second-order valence-electron chi connectivity index (χ2n) is 35.4. The van der Waals surface area contributed by atoms with Gasteiger partial charge in [0.1, 0.15) is 78.2 Å². The number of fused-ring (bicyclic) bond motifs is 3. The maximum absolute atomic E-state index is 15.4. The van der Waals surface area contributed by atoms with Gasteiger partial charge in [0, 0.05) is 76.9 Å². The molecule has 2 aromatic carbocycles. The maximum Gasteiger partial charge on any atom is 0.407 e. The minimum absolute atomic E-state index is 0.0144. The topological polar surface area (TPSA) is 904 Å². The molecule has 0 heterocycles. The summed E-state index contributed by atoms with van der Waals surface area (Å²) < 4.78 is 16.7. The van der Waals surface area contributed by atoms with Gasteiger partial charge in [-0.2, -0.15) is 0 Å². The molecule has 41 N–H and O–H groups in total. The number of unbranched alkanes of at least 4 members (excludes halogenated alkanes) is 2. The van der Waals surface area contributed by atoms with Crippen LogP contribution in [0.25, 0.3) is 11.1 Å². The maximum atomic E-state index is 15.4. The van der Waals surface area contributed by atoms with Crippen LogP contribution >= 0.6 is 11.8 Å². The Morgan fingerprint density at radius 3 is 0.923 bits per heavy atom. The highest BCUT2D eigenvalue weighted by Crippen LogP contribution is 2.44. The second-order valence-corrected chi connectivity index (χ2v) is 36.5.